The van der Waals surface area contributed by atoms with E-state index in [1.54, 1.807) is 11.1 Å². The molecule has 2 aliphatic carbocycles. The summed E-state index contributed by atoms with van der Waals surface area (Å²) in [5.41, 5.74) is 3.39. The lowest BCUT2D eigenvalue weighted by Crippen LogP contribution is -2.20. The van der Waals surface area contributed by atoms with Crippen LogP contribution >= 0.6 is 45.2 Å². The highest BCUT2D eigenvalue weighted by Crippen LogP contribution is 2.39. The molecule has 0 heterocycles. The van der Waals surface area contributed by atoms with Crippen LogP contribution in [0.2, 0.25) is 0 Å². The van der Waals surface area contributed by atoms with Crippen molar-refractivity contribution in [1.29, 1.82) is 0 Å². The van der Waals surface area contributed by atoms with Crippen LogP contribution in [0.3, 0.4) is 0 Å². The second kappa shape index (κ2) is 3.98. The van der Waals surface area contributed by atoms with Crippen molar-refractivity contribution in [3.8, 4) is 0 Å². The summed E-state index contributed by atoms with van der Waals surface area (Å²) in [5.74, 6) is 0. The van der Waals surface area contributed by atoms with E-state index in [1.807, 2.05) is 0 Å². The maximum absolute atomic E-state index is 2.61. The van der Waals surface area contributed by atoms with Crippen molar-refractivity contribution in [3.63, 3.8) is 0 Å². The molecule has 0 aromatic carbocycles. The first-order valence-electron chi connectivity index (χ1n) is 4.46. The van der Waals surface area contributed by atoms with Gasteiger partial charge in [0.15, 0.2) is 0 Å². The molecule has 1 unspecified atom stereocenters. The Bertz CT molecular complexity index is 240. The summed E-state index contributed by atoms with van der Waals surface area (Å²) in [7, 11) is 0. The van der Waals surface area contributed by atoms with Gasteiger partial charge in [-0.2, -0.15) is 0 Å². The largest absolute Gasteiger partial charge is 0.0839 e. The Labute approximate surface area is 101 Å². The number of hydrogen-bond donors (Lipinski definition) is 0. The molecule has 2 atom stereocenters. The van der Waals surface area contributed by atoms with Crippen molar-refractivity contribution in [3.05, 3.63) is 23.3 Å². The summed E-state index contributed by atoms with van der Waals surface area (Å²) < 4.78 is 1.62. The quantitative estimate of drug-likeness (QED) is 0.436. The van der Waals surface area contributed by atoms with Gasteiger partial charge in [-0.3, -0.25) is 0 Å². The zero-order chi connectivity index (χ0) is 8.55. The smallest absolute Gasteiger partial charge is 0.0359 e. The minimum absolute atomic E-state index is 0.792. The third kappa shape index (κ3) is 1.74. The van der Waals surface area contributed by atoms with Crippen molar-refractivity contribution >= 4 is 45.2 Å². The van der Waals surface area contributed by atoms with E-state index in [0.717, 1.165) is 7.85 Å². The molecule has 0 bridgehead atoms. The van der Waals surface area contributed by atoms with E-state index in [4.69, 9.17) is 0 Å². The summed E-state index contributed by atoms with van der Waals surface area (Å²) in [6.45, 7) is 0. The average Bonchev–Trinajstić information content (AvgIpc) is 2.12. The van der Waals surface area contributed by atoms with E-state index < -0.39 is 0 Å². The van der Waals surface area contributed by atoms with Gasteiger partial charge in [0.25, 0.3) is 0 Å². The summed E-state index contributed by atoms with van der Waals surface area (Å²) in [4.78, 5) is 0. The van der Waals surface area contributed by atoms with E-state index in [1.165, 1.54) is 25.7 Å². The van der Waals surface area contributed by atoms with Gasteiger partial charge < -0.3 is 0 Å². The second-order valence-electron chi connectivity index (χ2n) is 3.43. The Balaban J connectivity index is 2.34. The van der Waals surface area contributed by atoms with Crippen LogP contribution in [0.5, 0.6) is 0 Å². The van der Waals surface area contributed by atoms with Crippen LogP contribution in [-0.2, 0) is 0 Å². The Morgan fingerprint density at radius 3 is 2.67 bits per heavy atom. The topological polar surface area (TPSA) is 0 Å². The van der Waals surface area contributed by atoms with E-state index in [9.17, 15) is 0 Å². The van der Waals surface area contributed by atoms with Crippen LogP contribution in [0, 0.1) is 0 Å². The molecule has 0 aliphatic heterocycles. The first kappa shape index (κ1) is 9.49. The molecular weight excluding hydrogens is 374 g/mol. The van der Waals surface area contributed by atoms with Gasteiger partial charge >= 0.3 is 0 Å². The molecule has 0 fully saturated rings. The molecule has 0 amide bonds. The fourth-order valence-corrected chi connectivity index (χ4v) is 3.96. The monoisotopic (exact) mass is 386 g/mol. The maximum Gasteiger partial charge on any atom is 0.0359 e. The molecule has 0 saturated carbocycles. The van der Waals surface area contributed by atoms with Crippen molar-refractivity contribution in [2.75, 3.05) is 0 Å². The molecule has 66 valence electrons. The lowest BCUT2D eigenvalue weighted by molar-refractivity contribution is 0.695. The predicted octanol–water partition coefficient (Wildman–Crippen LogP) is 4.03. The fourth-order valence-electron chi connectivity index (χ4n) is 1.97. The number of allylic oxidation sites excluding steroid dienone is 4. The third-order valence-electron chi connectivity index (χ3n) is 2.64. The molecule has 0 radical (unpaired) electrons. The first-order chi connectivity index (χ1) is 5.79. The van der Waals surface area contributed by atoms with Gasteiger partial charge in [-0.15, -0.1) is 0 Å². The van der Waals surface area contributed by atoms with Crippen molar-refractivity contribution in [2.45, 2.75) is 33.5 Å². The van der Waals surface area contributed by atoms with Crippen LogP contribution in [0.4, 0.5) is 0 Å². The highest BCUT2D eigenvalue weighted by atomic mass is 127. The van der Waals surface area contributed by atoms with Gasteiger partial charge in [0, 0.05) is 7.85 Å². The molecule has 0 saturated heterocycles. The Kier molecular flexibility index (Phi) is 3.15. The van der Waals surface area contributed by atoms with Crippen LogP contribution < -0.4 is 0 Å². The molecule has 0 N–H and O–H groups in total. The normalized spacial score (nSPS) is 35.2. The van der Waals surface area contributed by atoms with Gasteiger partial charge in [-0.05, 0) is 31.3 Å². The SMILES string of the molecule is IC1CC[C@@H](I)C2=C1C=CCC2. The Morgan fingerprint density at radius 2 is 1.92 bits per heavy atom. The minimum atomic E-state index is 0.792. The molecule has 12 heavy (non-hydrogen) atoms. The molecule has 0 aromatic heterocycles. The van der Waals surface area contributed by atoms with E-state index >= 15 is 0 Å². The predicted molar refractivity (Wildman–Crippen MR) is 70.3 cm³/mol. The van der Waals surface area contributed by atoms with Gasteiger partial charge in [-0.25, -0.2) is 0 Å². The van der Waals surface area contributed by atoms with Gasteiger partial charge in [0.05, 0.1) is 0 Å². The standard InChI is InChI=1S/C10H12I2/c11-9-5-6-10(12)8-4-2-1-3-7(8)9/h1,3,9-10H,2,4-6H2/t9?,10-/m1/s1. The Morgan fingerprint density at radius 1 is 1.17 bits per heavy atom. The Hall–Kier alpha value is 0.940. The summed E-state index contributed by atoms with van der Waals surface area (Å²) in [6, 6.07) is 0. The van der Waals surface area contributed by atoms with Crippen LogP contribution in [-0.4, -0.2) is 7.85 Å². The summed E-state index contributed by atoms with van der Waals surface area (Å²) >= 11 is 5.19. The molecule has 0 spiro atoms. The number of halogens is 2. The van der Waals surface area contributed by atoms with Crippen molar-refractivity contribution in [1.82, 2.24) is 0 Å². The number of hydrogen-bond acceptors (Lipinski definition) is 0. The van der Waals surface area contributed by atoms with Crippen molar-refractivity contribution in [2.24, 2.45) is 0 Å². The van der Waals surface area contributed by atoms with Gasteiger partial charge in [0.1, 0.15) is 0 Å². The molecule has 0 nitrogen and oxygen atoms in total. The van der Waals surface area contributed by atoms with Gasteiger partial charge in [0.2, 0.25) is 0 Å². The highest BCUT2D eigenvalue weighted by Gasteiger charge is 2.25. The molecular formula is C10H12I2. The van der Waals surface area contributed by atoms with E-state index in [-0.39, 0.29) is 0 Å². The summed E-state index contributed by atoms with van der Waals surface area (Å²) in [5, 5.41) is 0. The first-order valence-corrected chi connectivity index (χ1v) is 6.96. The average molecular weight is 386 g/mol. The number of alkyl halides is 2. The molecule has 0 aromatic rings. The van der Waals surface area contributed by atoms with E-state index in [0.29, 0.717) is 0 Å². The molecule has 2 rings (SSSR count). The van der Waals surface area contributed by atoms with E-state index in [2.05, 4.69) is 57.3 Å². The van der Waals surface area contributed by atoms with Gasteiger partial charge in [-0.1, -0.05) is 62.9 Å². The summed E-state index contributed by atoms with van der Waals surface area (Å²) in [6.07, 6.45) is 10.0. The molecule has 2 aliphatic rings. The van der Waals surface area contributed by atoms with Crippen molar-refractivity contribution < 1.29 is 0 Å². The lowest BCUT2D eigenvalue weighted by Gasteiger charge is -2.29. The lowest BCUT2D eigenvalue weighted by atomic mass is 9.86. The zero-order valence-electron chi connectivity index (χ0n) is 6.89. The van der Waals surface area contributed by atoms with Crippen LogP contribution in [0.15, 0.2) is 23.3 Å². The molecule has 2 heteroatoms. The van der Waals surface area contributed by atoms with Crippen LogP contribution in [0.1, 0.15) is 25.7 Å². The minimum Gasteiger partial charge on any atom is -0.0839 e. The van der Waals surface area contributed by atoms with Crippen LogP contribution in [0.25, 0.3) is 0 Å². The third-order valence-corrected chi connectivity index (χ3v) is 5.31. The number of rotatable bonds is 0. The second-order valence-corrected chi connectivity index (χ2v) is 6.44. The zero-order valence-corrected chi connectivity index (χ0v) is 11.2. The fraction of sp³-hybridized carbons (Fsp3) is 0.600. The maximum atomic E-state index is 2.61. The highest BCUT2D eigenvalue weighted by molar-refractivity contribution is 14.1.